The third-order valence-electron chi connectivity index (χ3n) is 4.06. The number of Topliss-reactive ketones (excluding diaryl/α,β-unsaturated/α-hetero) is 1. The summed E-state index contributed by atoms with van der Waals surface area (Å²) in [6.45, 7) is 4.07. The van der Waals surface area contributed by atoms with Crippen molar-refractivity contribution in [2.45, 2.75) is 26.7 Å². The van der Waals surface area contributed by atoms with Crippen LogP contribution < -0.4 is 4.90 Å². The maximum absolute atomic E-state index is 13.8. The lowest BCUT2D eigenvalue weighted by Gasteiger charge is -2.32. The number of carbonyl (C=O) groups is 1. The lowest BCUT2D eigenvalue weighted by Crippen LogP contribution is -2.26. The van der Waals surface area contributed by atoms with Gasteiger partial charge in [0.1, 0.15) is 5.82 Å². The summed E-state index contributed by atoms with van der Waals surface area (Å²) in [7, 11) is 0. The Morgan fingerprint density at radius 1 is 1.19 bits per heavy atom. The molecule has 0 atom stereocenters. The fraction of sp³-hybridized carbons (Fsp3) is 0.278. The zero-order chi connectivity index (χ0) is 15.0. The summed E-state index contributed by atoms with van der Waals surface area (Å²) in [5.41, 5.74) is 4.24. The smallest absolute Gasteiger partial charge is 0.162 e. The molecule has 2 aromatic rings. The second-order valence-corrected chi connectivity index (χ2v) is 5.56. The van der Waals surface area contributed by atoms with Crippen molar-refractivity contribution >= 4 is 17.2 Å². The zero-order valence-corrected chi connectivity index (χ0v) is 12.3. The Balaban J connectivity index is 2.18. The van der Waals surface area contributed by atoms with Crippen LogP contribution in [0.5, 0.6) is 0 Å². The number of ketones is 1. The highest BCUT2D eigenvalue weighted by Gasteiger charge is 2.22. The average Bonchev–Trinajstić information content (AvgIpc) is 2.49. The van der Waals surface area contributed by atoms with Crippen LogP contribution in [0, 0.1) is 12.7 Å². The third kappa shape index (κ3) is 2.44. The van der Waals surface area contributed by atoms with Crippen LogP contribution in [0.15, 0.2) is 36.4 Å². The van der Waals surface area contributed by atoms with Gasteiger partial charge in [0.15, 0.2) is 5.78 Å². The molecule has 0 N–H and O–H groups in total. The van der Waals surface area contributed by atoms with Crippen LogP contribution in [0.4, 0.5) is 15.8 Å². The molecule has 1 heterocycles. The molecule has 1 aliphatic heterocycles. The maximum Gasteiger partial charge on any atom is 0.162 e. The van der Waals surface area contributed by atoms with Gasteiger partial charge in [-0.2, -0.15) is 0 Å². The van der Waals surface area contributed by atoms with Crippen molar-refractivity contribution in [1.82, 2.24) is 0 Å². The first-order valence-electron chi connectivity index (χ1n) is 7.24. The first-order chi connectivity index (χ1) is 10.1. The van der Waals surface area contributed by atoms with E-state index in [1.54, 1.807) is 13.0 Å². The summed E-state index contributed by atoms with van der Waals surface area (Å²) in [5, 5.41) is 0. The number of rotatable bonds is 2. The minimum Gasteiger partial charge on any atom is -0.341 e. The highest BCUT2D eigenvalue weighted by molar-refractivity contribution is 6.01. The van der Waals surface area contributed by atoms with Crippen molar-refractivity contribution in [2.75, 3.05) is 11.4 Å². The lowest BCUT2D eigenvalue weighted by molar-refractivity contribution is 0.101. The molecule has 0 saturated carbocycles. The number of benzene rings is 2. The Kier molecular flexibility index (Phi) is 3.50. The second-order valence-electron chi connectivity index (χ2n) is 5.56. The van der Waals surface area contributed by atoms with Crippen molar-refractivity contribution in [2.24, 2.45) is 0 Å². The average molecular weight is 283 g/mol. The first kappa shape index (κ1) is 13.8. The van der Waals surface area contributed by atoms with Gasteiger partial charge in [0, 0.05) is 17.8 Å². The summed E-state index contributed by atoms with van der Waals surface area (Å²) in [6, 6.07) is 11.4. The van der Waals surface area contributed by atoms with Gasteiger partial charge in [-0.3, -0.25) is 4.79 Å². The topological polar surface area (TPSA) is 20.3 Å². The predicted molar refractivity (Wildman–Crippen MR) is 82.9 cm³/mol. The van der Waals surface area contributed by atoms with Gasteiger partial charge >= 0.3 is 0 Å². The predicted octanol–water partition coefficient (Wildman–Crippen LogP) is 4.42. The normalized spacial score (nSPS) is 14.0. The number of nitrogens with zero attached hydrogens (tertiary/aromatic N) is 1. The summed E-state index contributed by atoms with van der Waals surface area (Å²) >= 11 is 0. The third-order valence-corrected chi connectivity index (χ3v) is 4.06. The minimum absolute atomic E-state index is 0.105. The Bertz CT molecular complexity index is 708. The molecule has 3 rings (SSSR count). The number of hydrogen-bond acceptors (Lipinski definition) is 2. The Morgan fingerprint density at radius 3 is 2.71 bits per heavy atom. The van der Waals surface area contributed by atoms with Crippen molar-refractivity contribution in [3.63, 3.8) is 0 Å². The van der Waals surface area contributed by atoms with Gasteiger partial charge in [-0.15, -0.1) is 0 Å². The largest absolute Gasteiger partial charge is 0.341 e. The lowest BCUT2D eigenvalue weighted by atomic mass is 9.98. The monoisotopic (exact) mass is 283 g/mol. The molecule has 0 spiro atoms. The Labute approximate surface area is 124 Å². The van der Waals surface area contributed by atoms with Crippen molar-refractivity contribution in [3.05, 3.63) is 58.9 Å². The van der Waals surface area contributed by atoms with E-state index in [-0.39, 0.29) is 11.6 Å². The van der Waals surface area contributed by atoms with Gasteiger partial charge in [-0.05, 0) is 56.0 Å². The highest BCUT2D eigenvalue weighted by Crippen LogP contribution is 2.36. The fourth-order valence-corrected chi connectivity index (χ4v) is 2.96. The molecular weight excluding hydrogens is 265 g/mol. The van der Waals surface area contributed by atoms with Crippen LogP contribution in [-0.2, 0) is 6.42 Å². The van der Waals surface area contributed by atoms with Gasteiger partial charge in [0.05, 0.1) is 5.69 Å². The second kappa shape index (κ2) is 5.32. The van der Waals surface area contributed by atoms with Crippen molar-refractivity contribution in [3.8, 4) is 0 Å². The maximum atomic E-state index is 13.8. The van der Waals surface area contributed by atoms with Crippen molar-refractivity contribution < 1.29 is 9.18 Å². The summed E-state index contributed by atoms with van der Waals surface area (Å²) in [4.78, 5) is 14.0. The molecule has 3 heteroatoms. The Morgan fingerprint density at radius 2 is 1.95 bits per heavy atom. The fourth-order valence-electron chi connectivity index (χ4n) is 2.96. The molecule has 0 aromatic heterocycles. The summed E-state index contributed by atoms with van der Waals surface area (Å²) in [6.07, 6.45) is 2.08. The van der Waals surface area contributed by atoms with Gasteiger partial charge in [-0.25, -0.2) is 4.39 Å². The van der Waals surface area contributed by atoms with E-state index in [1.807, 2.05) is 12.1 Å². The van der Waals surface area contributed by atoms with Gasteiger partial charge in [-0.1, -0.05) is 18.2 Å². The molecule has 0 radical (unpaired) electrons. The summed E-state index contributed by atoms with van der Waals surface area (Å²) < 4.78 is 13.8. The van der Waals surface area contributed by atoms with E-state index < -0.39 is 0 Å². The van der Waals surface area contributed by atoms with Crippen LogP contribution in [0.25, 0.3) is 0 Å². The molecule has 0 amide bonds. The number of fused-ring (bicyclic) bond motifs is 1. The van der Waals surface area contributed by atoms with Crippen molar-refractivity contribution in [1.29, 1.82) is 0 Å². The minimum atomic E-state index is -0.325. The van der Waals surface area contributed by atoms with Gasteiger partial charge < -0.3 is 4.90 Å². The van der Waals surface area contributed by atoms with Crippen LogP contribution in [0.3, 0.4) is 0 Å². The van der Waals surface area contributed by atoms with Gasteiger partial charge in [0.25, 0.3) is 0 Å². The standard InChI is InChI=1S/C18H18FNO/c1-12-10-18(15(13(2)21)11-16(12)19)20-9-5-7-14-6-3-4-8-17(14)20/h3-4,6,8,10-11H,5,7,9H2,1-2H3. The number of anilines is 2. The SMILES string of the molecule is CC(=O)c1cc(F)c(C)cc1N1CCCc2ccccc21. The molecular formula is C18H18FNO. The first-order valence-corrected chi connectivity index (χ1v) is 7.24. The van der Waals surface area contributed by atoms with Crippen LogP contribution >= 0.6 is 0 Å². The summed E-state index contributed by atoms with van der Waals surface area (Å²) in [5.74, 6) is -0.429. The van der Waals surface area contributed by atoms with E-state index in [4.69, 9.17) is 0 Å². The number of carbonyl (C=O) groups excluding carboxylic acids is 1. The number of halogens is 1. The molecule has 0 bridgehead atoms. The molecule has 1 aliphatic rings. The molecule has 108 valence electrons. The molecule has 2 aromatic carbocycles. The molecule has 0 saturated heterocycles. The van der Waals surface area contributed by atoms with Gasteiger partial charge in [0.2, 0.25) is 0 Å². The molecule has 0 unspecified atom stereocenters. The molecule has 0 fully saturated rings. The van der Waals surface area contributed by atoms with Crippen LogP contribution in [0.2, 0.25) is 0 Å². The van der Waals surface area contributed by atoms with Crippen LogP contribution in [-0.4, -0.2) is 12.3 Å². The van der Waals surface area contributed by atoms with Crippen LogP contribution in [0.1, 0.15) is 34.8 Å². The van der Waals surface area contributed by atoms with E-state index in [0.717, 1.165) is 30.8 Å². The highest BCUT2D eigenvalue weighted by atomic mass is 19.1. The number of aryl methyl sites for hydroxylation is 2. The molecule has 2 nitrogen and oxygen atoms in total. The van der Waals surface area contributed by atoms with E-state index in [1.165, 1.54) is 18.6 Å². The number of para-hydroxylation sites is 1. The Hall–Kier alpha value is -2.16. The molecule has 21 heavy (non-hydrogen) atoms. The molecule has 0 aliphatic carbocycles. The number of hydrogen-bond donors (Lipinski definition) is 0. The van der Waals surface area contributed by atoms with E-state index in [2.05, 4.69) is 17.0 Å². The zero-order valence-electron chi connectivity index (χ0n) is 12.3. The van der Waals surface area contributed by atoms with E-state index >= 15 is 0 Å². The quantitative estimate of drug-likeness (QED) is 0.760. The van der Waals surface area contributed by atoms with E-state index in [0.29, 0.717) is 11.1 Å². The van der Waals surface area contributed by atoms with E-state index in [9.17, 15) is 9.18 Å².